The van der Waals surface area contributed by atoms with Crippen molar-refractivity contribution in [3.8, 4) is 0 Å². The lowest BCUT2D eigenvalue weighted by molar-refractivity contribution is -0.384. The second-order valence-corrected chi connectivity index (χ2v) is 5.07. The average molecular weight is 280 g/mol. The molecule has 0 heterocycles. The van der Waals surface area contributed by atoms with Crippen molar-refractivity contribution in [2.45, 2.75) is 46.1 Å². The van der Waals surface area contributed by atoms with Crippen LogP contribution in [0, 0.1) is 16.0 Å². The third kappa shape index (κ3) is 5.17. The van der Waals surface area contributed by atoms with Crippen LogP contribution in [0.2, 0.25) is 0 Å². The molecule has 0 fully saturated rings. The fraction of sp³-hybridized carbons (Fsp3) is 0.600. The molecule has 0 bridgehead atoms. The summed E-state index contributed by atoms with van der Waals surface area (Å²) in [6.45, 7) is 5.34. The number of benzene rings is 1. The first kappa shape index (κ1) is 16.4. The van der Waals surface area contributed by atoms with Gasteiger partial charge in [0.1, 0.15) is 0 Å². The fourth-order valence-electron chi connectivity index (χ4n) is 2.06. The van der Waals surface area contributed by atoms with Gasteiger partial charge in [0.2, 0.25) is 0 Å². The third-order valence-electron chi connectivity index (χ3n) is 3.49. The molecule has 1 rings (SSSR count). The normalized spacial score (nSPS) is 12.3. The van der Waals surface area contributed by atoms with Crippen molar-refractivity contribution in [1.82, 2.24) is 0 Å². The number of rotatable bonds is 9. The standard InChI is InChI=1S/C15H24N2O3/c1-3-5-6-12(4-2)10-20-11-13-9-14(17(18)19)7-8-15(13)16/h7-9,12H,3-6,10-11,16H2,1-2H3. The summed E-state index contributed by atoms with van der Waals surface area (Å²) in [5.74, 6) is 0.551. The van der Waals surface area contributed by atoms with E-state index in [1.165, 1.54) is 25.0 Å². The number of nitro groups is 1. The topological polar surface area (TPSA) is 78.4 Å². The van der Waals surface area contributed by atoms with Gasteiger partial charge in [-0.3, -0.25) is 10.1 Å². The largest absolute Gasteiger partial charge is 0.398 e. The first-order valence-corrected chi connectivity index (χ1v) is 7.19. The van der Waals surface area contributed by atoms with E-state index in [2.05, 4.69) is 13.8 Å². The van der Waals surface area contributed by atoms with Crippen molar-refractivity contribution in [2.24, 2.45) is 5.92 Å². The molecule has 0 radical (unpaired) electrons. The van der Waals surface area contributed by atoms with Crippen molar-refractivity contribution in [3.05, 3.63) is 33.9 Å². The summed E-state index contributed by atoms with van der Waals surface area (Å²) in [5, 5.41) is 10.7. The van der Waals surface area contributed by atoms with Crippen molar-refractivity contribution in [2.75, 3.05) is 12.3 Å². The molecule has 0 saturated carbocycles. The Bertz CT molecular complexity index is 435. The van der Waals surface area contributed by atoms with Crippen LogP contribution in [0.4, 0.5) is 11.4 Å². The van der Waals surface area contributed by atoms with Crippen LogP contribution in [0.25, 0.3) is 0 Å². The molecular weight excluding hydrogens is 256 g/mol. The molecule has 20 heavy (non-hydrogen) atoms. The highest BCUT2D eigenvalue weighted by Crippen LogP contribution is 2.21. The van der Waals surface area contributed by atoms with E-state index in [4.69, 9.17) is 10.5 Å². The van der Waals surface area contributed by atoms with Crippen LogP contribution in [0.3, 0.4) is 0 Å². The Morgan fingerprint density at radius 3 is 2.75 bits per heavy atom. The number of unbranched alkanes of at least 4 members (excludes halogenated alkanes) is 1. The van der Waals surface area contributed by atoms with Gasteiger partial charge in [-0.05, 0) is 18.4 Å². The lowest BCUT2D eigenvalue weighted by atomic mass is 10.0. The molecule has 0 aliphatic rings. The van der Waals surface area contributed by atoms with Gasteiger partial charge in [0, 0.05) is 30.0 Å². The van der Waals surface area contributed by atoms with Crippen LogP contribution in [-0.2, 0) is 11.3 Å². The lowest BCUT2D eigenvalue weighted by Gasteiger charge is -2.15. The van der Waals surface area contributed by atoms with E-state index in [1.54, 1.807) is 6.07 Å². The zero-order valence-electron chi connectivity index (χ0n) is 12.3. The number of ether oxygens (including phenoxy) is 1. The minimum Gasteiger partial charge on any atom is -0.398 e. The molecule has 0 saturated heterocycles. The molecule has 1 atom stereocenters. The predicted molar refractivity (Wildman–Crippen MR) is 80.5 cm³/mol. The molecule has 0 aliphatic carbocycles. The molecule has 1 aromatic rings. The highest BCUT2D eigenvalue weighted by atomic mass is 16.6. The second kappa shape index (κ2) is 8.53. The Morgan fingerprint density at radius 2 is 2.15 bits per heavy atom. The zero-order chi connectivity index (χ0) is 15.0. The van der Waals surface area contributed by atoms with Gasteiger partial charge in [-0.15, -0.1) is 0 Å². The van der Waals surface area contributed by atoms with E-state index < -0.39 is 4.92 Å². The molecule has 2 N–H and O–H groups in total. The highest BCUT2D eigenvalue weighted by Gasteiger charge is 2.11. The van der Waals surface area contributed by atoms with E-state index >= 15 is 0 Å². The van der Waals surface area contributed by atoms with E-state index in [-0.39, 0.29) is 5.69 Å². The summed E-state index contributed by atoms with van der Waals surface area (Å²) < 4.78 is 5.68. The molecule has 0 amide bonds. The molecule has 5 heteroatoms. The average Bonchev–Trinajstić information content (AvgIpc) is 2.44. The molecular formula is C15H24N2O3. The summed E-state index contributed by atoms with van der Waals surface area (Å²) in [4.78, 5) is 10.3. The first-order valence-electron chi connectivity index (χ1n) is 7.19. The smallest absolute Gasteiger partial charge is 0.269 e. The summed E-state index contributed by atoms with van der Waals surface area (Å²) >= 11 is 0. The Balaban J connectivity index is 2.52. The highest BCUT2D eigenvalue weighted by molar-refractivity contribution is 5.52. The van der Waals surface area contributed by atoms with Crippen LogP contribution in [-0.4, -0.2) is 11.5 Å². The van der Waals surface area contributed by atoms with Crippen molar-refractivity contribution < 1.29 is 9.66 Å². The minimum atomic E-state index is -0.418. The van der Waals surface area contributed by atoms with Gasteiger partial charge in [-0.2, -0.15) is 0 Å². The van der Waals surface area contributed by atoms with E-state index in [9.17, 15) is 10.1 Å². The maximum Gasteiger partial charge on any atom is 0.269 e. The number of hydrogen-bond donors (Lipinski definition) is 1. The first-order chi connectivity index (χ1) is 9.58. The quantitative estimate of drug-likeness (QED) is 0.422. The molecule has 1 unspecified atom stereocenters. The summed E-state index contributed by atoms with van der Waals surface area (Å²) in [6, 6.07) is 4.46. The lowest BCUT2D eigenvalue weighted by Crippen LogP contribution is -2.09. The van der Waals surface area contributed by atoms with Crippen LogP contribution in [0.1, 0.15) is 45.1 Å². The number of nitro benzene ring substituents is 1. The Morgan fingerprint density at radius 1 is 1.40 bits per heavy atom. The summed E-state index contributed by atoms with van der Waals surface area (Å²) in [7, 11) is 0. The number of anilines is 1. The number of nitrogens with zero attached hydrogens (tertiary/aromatic N) is 1. The number of hydrogen-bond acceptors (Lipinski definition) is 4. The number of nitrogens with two attached hydrogens (primary N) is 1. The molecule has 0 aliphatic heterocycles. The van der Waals surface area contributed by atoms with Crippen molar-refractivity contribution in [3.63, 3.8) is 0 Å². The van der Waals surface area contributed by atoms with Gasteiger partial charge in [0.15, 0.2) is 0 Å². The van der Waals surface area contributed by atoms with Crippen molar-refractivity contribution in [1.29, 1.82) is 0 Å². The predicted octanol–water partition coefficient (Wildman–Crippen LogP) is 3.91. The van der Waals surface area contributed by atoms with Gasteiger partial charge in [0.05, 0.1) is 11.5 Å². The third-order valence-corrected chi connectivity index (χ3v) is 3.49. The van der Waals surface area contributed by atoms with E-state index in [0.29, 0.717) is 30.4 Å². The number of nitrogen functional groups attached to an aromatic ring is 1. The van der Waals surface area contributed by atoms with Crippen LogP contribution in [0.15, 0.2) is 18.2 Å². The second-order valence-electron chi connectivity index (χ2n) is 5.07. The van der Waals surface area contributed by atoms with Gasteiger partial charge >= 0.3 is 0 Å². The van der Waals surface area contributed by atoms with E-state index in [1.807, 2.05) is 0 Å². The monoisotopic (exact) mass is 280 g/mol. The Kier molecular flexibility index (Phi) is 7.01. The maximum atomic E-state index is 10.7. The molecule has 112 valence electrons. The number of non-ortho nitro benzene ring substituents is 1. The van der Waals surface area contributed by atoms with Gasteiger partial charge in [-0.25, -0.2) is 0 Å². The van der Waals surface area contributed by atoms with Crippen LogP contribution >= 0.6 is 0 Å². The van der Waals surface area contributed by atoms with Gasteiger partial charge in [0.25, 0.3) is 5.69 Å². The molecule has 1 aromatic carbocycles. The maximum absolute atomic E-state index is 10.7. The minimum absolute atomic E-state index is 0.0517. The summed E-state index contributed by atoms with van der Waals surface area (Å²) in [6.07, 6.45) is 4.65. The SMILES string of the molecule is CCCCC(CC)COCc1cc([N+](=O)[O-])ccc1N. The van der Waals surface area contributed by atoms with Crippen molar-refractivity contribution >= 4 is 11.4 Å². The van der Waals surface area contributed by atoms with Crippen LogP contribution < -0.4 is 5.73 Å². The molecule has 0 aromatic heterocycles. The Labute approximate surface area is 120 Å². The van der Waals surface area contributed by atoms with E-state index in [0.717, 1.165) is 12.8 Å². The fourth-order valence-corrected chi connectivity index (χ4v) is 2.06. The van der Waals surface area contributed by atoms with Crippen LogP contribution in [0.5, 0.6) is 0 Å². The Hall–Kier alpha value is -1.62. The molecule has 0 spiro atoms. The summed E-state index contributed by atoms with van der Waals surface area (Å²) in [5.41, 5.74) is 7.09. The van der Waals surface area contributed by atoms with Gasteiger partial charge < -0.3 is 10.5 Å². The molecule has 5 nitrogen and oxygen atoms in total. The van der Waals surface area contributed by atoms with Gasteiger partial charge in [-0.1, -0.05) is 33.1 Å². The zero-order valence-corrected chi connectivity index (χ0v) is 12.3.